The van der Waals surface area contributed by atoms with E-state index in [1.165, 1.54) is 0 Å². The average Bonchev–Trinajstić information content (AvgIpc) is 3.13. The second-order valence-electron chi connectivity index (χ2n) is 10.2. The lowest BCUT2D eigenvalue weighted by molar-refractivity contribution is -0.354. The highest BCUT2D eigenvalue weighted by molar-refractivity contribution is 5.80. The number of benzene rings is 1. The summed E-state index contributed by atoms with van der Waals surface area (Å²) in [6.45, 7) is 0.310. The maximum absolute atomic E-state index is 12.3. The Kier molecular flexibility index (Phi) is 4.88. The Morgan fingerprint density at radius 3 is 2.68 bits per heavy atom. The van der Waals surface area contributed by atoms with Gasteiger partial charge in [-0.2, -0.15) is 0 Å². The minimum absolute atomic E-state index is 0.0241. The molecule has 0 saturated heterocycles. The number of alkyl halides is 3. The smallest absolute Gasteiger partial charge is 0.480 e. The first-order valence-corrected chi connectivity index (χ1v) is 11.7. The van der Waals surface area contributed by atoms with Gasteiger partial charge in [0, 0.05) is 23.6 Å². The number of ether oxygens (including phenoxy) is 3. The van der Waals surface area contributed by atoms with E-state index in [9.17, 15) is 18.0 Å². The molecule has 2 heterocycles. The molecule has 0 radical (unpaired) electrons. The summed E-state index contributed by atoms with van der Waals surface area (Å²) in [6.07, 6.45) is -0.754. The lowest BCUT2D eigenvalue weighted by Crippen LogP contribution is -2.69. The summed E-state index contributed by atoms with van der Waals surface area (Å²) >= 11 is 0. The highest BCUT2D eigenvalue weighted by Gasteiger charge is 2.71. The van der Waals surface area contributed by atoms with Gasteiger partial charge in [0.25, 0.3) is 5.91 Å². The molecule has 4 saturated carbocycles. The number of hydrogen-bond donors (Lipinski definition) is 1. The molecular weight excluding hydrogens is 451 g/mol. The minimum atomic E-state index is -4.59. The number of halogens is 3. The van der Waals surface area contributed by atoms with Gasteiger partial charge < -0.3 is 15.2 Å². The van der Waals surface area contributed by atoms with Crippen molar-refractivity contribution in [2.45, 2.75) is 56.7 Å². The number of rotatable bonds is 7. The van der Waals surface area contributed by atoms with E-state index >= 15 is 0 Å². The van der Waals surface area contributed by atoms with Crippen molar-refractivity contribution in [1.29, 1.82) is 0 Å². The van der Waals surface area contributed by atoms with E-state index in [1.54, 1.807) is 6.07 Å². The first kappa shape index (κ1) is 21.8. The fraction of sp³-hybridized carbons (Fsp3) is 0.583. The van der Waals surface area contributed by atoms with Crippen LogP contribution in [0.4, 0.5) is 13.2 Å². The molecular formula is C24H26F3N3O4. The third-order valence-electron chi connectivity index (χ3n) is 8.20. The Hall–Kier alpha value is -2.75. The van der Waals surface area contributed by atoms with Crippen LogP contribution in [0.2, 0.25) is 0 Å². The summed E-state index contributed by atoms with van der Waals surface area (Å²) in [5.74, 6) is 1.23. The summed E-state index contributed by atoms with van der Waals surface area (Å²) < 4.78 is 54.6. The summed E-state index contributed by atoms with van der Waals surface area (Å²) in [5, 5.41) is 4.60. The van der Waals surface area contributed by atoms with Crippen LogP contribution in [0.1, 0.15) is 37.3 Å². The van der Waals surface area contributed by atoms with Crippen molar-refractivity contribution >= 4 is 5.91 Å². The van der Waals surface area contributed by atoms with Gasteiger partial charge in [-0.3, -0.25) is 14.2 Å². The average molecular weight is 477 g/mol. The molecule has 1 aliphatic heterocycles. The van der Waals surface area contributed by atoms with Gasteiger partial charge in [0.05, 0.1) is 18.8 Å². The van der Waals surface area contributed by atoms with E-state index in [0.717, 1.165) is 30.6 Å². The molecule has 182 valence electrons. The third kappa shape index (κ3) is 3.54. The summed E-state index contributed by atoms with van der Waals surface area (Å²) in [4.78, 5) is 12.3. The molecule has 1 aromatic heterocycles. The monoisotopic (exact) mass is 477 g/mol. The van der Waals surface area contributed by atoms with Gasteiger partial charge in [-0.05, 0) is 55.6 Å². The highest BCUT2D eigenvalue weighted by Crippen LogP contribution is 2.75. The van der Waals surface area contributed by atoms with Crippen LogP contribution in [0.5, 0.6) is 11.6 Å². The molecule has 2 N–H and O–H groups in total. The molecule has 5 aliphatic rings. The Bertz CT molecular complexity index is 1090. The fourth-order valence-corrected chi connectivity index (χ4v) is 6.49. The van der Waals surface area contributed by atoms with Crippen molar-refractivity contribution in [2.75, 3.05) is 6.61 Å². The van der Waals surface area contributed by atoms with E-state index in [0.29, 0.717) is 31.2 Å². The molecule has 4 aliphatic carbocycles. The van der Waals surface area contributed by atoms with Crippen LogP contribution in [-0.2, 0) is 16.0 Å². The van der Waals surface area contributed by atoms with Crippen molar-refractivity contribution < 1.29 is 32.2 Å². The molecule has 1 amide bonds. The van der Waals surface area contributed by atoms with Crippen LogP contribution in [0.15, 0.2) is 36.5 Å². The molecule has 7 rings (SSSR count). The lowest BCUT2D eigenvalue weighted by Gasteiger charge is -2.71. The maximum Gasteiger partial charge on any atom is 0.522 e. The Morgan fingerprint density at radius 1 is 1.24 bits per heavy atom. The lowest BCUT2D eigenvalue weighted by atomic mass is 9.35. The predicted octanol–water partition coefficient (Wildman–Crippen LogP) is 3.63. The summed E-state index contributed by atoms with van der Waals surface area (Å²) in [5.41, 5.74) is 6.74. The zero-order valence-corrected chi connectivity index (χ0v) is 18.4. The third-order valence-corrected chi connectivity index (χ3v) is 8.20. The number of carbonyl (C=O) groups is 1. The van der Waals surface area contributed by atoms with Crippen LogP contribution >= 0.6 is 0 Å². The number of para-hydroxylation sites is 1. The molecule has 3 unspecified atom stereocenters. The van der Waals surface area contributed by atoms with Crippen molar-refractivity contribution in [3.05, 3.63) is 42.1 Å². The highest BCUT2D eigenvalue weighted by atomic mass is 19.4. The van der Waals surface area contributed by atoms with Crippen molar-refractivity contribution in [3.8, 4) is 11.6 Å². The molecule has 34 heavy (non-hydrogen) atoms. The van der Waals surface area contributed by atoms with Crippen LogP contribution < -0.4 is 15.2 Å². The largest absolute Gasteiger partial charge is 0.522 e. The van der Waals surface area contributed by atoms with Crippen LogP contribution in [0.3, 0.4) is 0 Å². The van der Waals surface area contributed by atoms with E-state index < -0.39 is 24.5 Å². The standard InChI is InChI=1S/C24H26F3N3O4/c25-24(26,27)34-16-7-13(8-16)12-32-19-5-6-30(29-19)21-15-10-23(21,11-15)17-9-14-3-1-2-4-18(14)33-20(17)22(28)31/h1-6,13,15-17,20-21H,7-12H2,(H2,28,31). The molecule has 4 fully saturated rings. The van der Waals surface area contributed by atoms with Gasteiger partial charge in [0.1, 0.15) is 5.75 Å². The van der Waals surface area contributed by atoms with E-state index in [1.807, 2.05) is 35.1 Å². The maximum atomic E-state index is 12.3. The van der Waals surface area contributed by atoms with Gasteiger partial charge >= 0.3 is 6.36 Å². The van der Waals surface area contributed by atoms with E-state index in [2.05, 4.69) is 9.84 Å². The fourth-order valence-electron chi connectivity index (χ4n) is 6.49. The van der Waals surface area contributed by atoms with Crippen molar-refractivity contribution in [3.63, 3.8) is 0 Å². The first-order valence-electron chi connectivity index (χ1n) is 11.7. The number of carbonyl (C=O) groups excluding carboxylic acids is 1. The number of nitrogens with zero attached hydrogens (tertiary/aromatic N) is 2. The topological polar surface area (TPSA) is 88.6 Å². The molecule has 10 heteroatoms. The molecule has 7 nitrogen and oxygen atoms in total. The zero-order valence-electron chi connectivity index (χ0n) is 18.4. The second-order valence-corrected chi connectivity index (χ2v) is 10.2. The van der Waals surface area contributed by atoms with Gasteiger partial charge in [0.2, 0.25) is 5.88 Å². The Labute approximate surface area is 194 Å². The summed E-state index contributed by atoms with van der Waals surface area (Å²) in [7, 11) is 0. The van der Waals surface area contributed by atoms with Gasteiger partial charge in [-0.25, -0.2) is 0 Å². The number of primary amides is 1. The van der Waals surface area contributed by atoms with Crippen molar-refractivity contribution in [1.82, 2.24) is 9.78 Å². The van der Waals surface area contributed by atoms with Crippen LogP contribution in [-0.4, -0.2) is 40.9 Å². The SMILES string of the molecule is NC(=O)C1Oc2ccccc2CC1C12CC(C1)C2n1ccc(OCC2CC(OC(F)(F)F)C2)n1. The van der Waals surface area contributed by atoms with E-state index in [-0.39, 0.29) is 23.3 Å². The quantitative estimate of drug-likeness (QED) is 0.658. The predicted molar refractivity (Wildman–Crippen MR) is 113 cm³/mol. The second kappa shape index (κ2) is 7.63. The first-order chi connectivity index (χ1) is 16.2. The van der Waals surface area contributed by atoms with Crippen LogP contribution in [0, 0.1) is 23.2 Å². The minimum Gasteiger partial charge on any atom is -0.480 e. The Balaban J connectivity index is 1.11. The Morgan fingerprint density at radius 2 is 2.00 bits per heavy atom. The number of amides is 1. The molecule has 3 atom stereocenters. The van der Waals surface area contributed by atoms with Gasteiger partial charge in [0.15, 0.2) is 6.10 Å². The molecule has 0 spiro atoms. The summed E-state index contributed by atoms with van der Waals surface area (Å²) in [6, 6.07) is 9.70. The van der Waals surface area contributed by atoms with E-state index in [4.69, 9.17) is 15.2 Å². The normalized spacial score (nSPS) is 35.7. The number of hydrogen-bond acceptors (Lipinski definition) is 5. The number of aromatic nitrogens is 2. The van der Waals surface area contributed by atoms with Gasteiger partial charge in [-0.15, -0.1) is 18.3 Å². The number of fused-ring (bicyclic) bond motifs is 1. The van der Waals surface area contributed by atoms with Gasteiger partial charge in [-0.1, -0.05) is 18.2 Å². The van der Waals surface area contributed by atoms with Crippen molar-refractivity contribution in [2.24, 2.45) is 28.9 Å². The number of nitrogens with two attached hydrogens (primary N) is 1. The molecule has 2 bridgehead atoms. The van der Waals surface area contributed by atoms with Crippen LogP contribution in [0.25, 0.3) is 0 Å². The molecule has 2 aromatic rings. The molecule has 1 aromatic carbocycles. The zero-order chi connectivity index (χ0) is 23.7.